The predicted octanol–water partition coefficient (Wildman–Crippen LogP) is 1.21. The maximum Gasteiger partial charge on any atom is 0.329 e. The second-order valence-electron chi connectivity index (χ2n) is 4.21. The molecule has 3 N–H and O–H groups in total. The van der Waals surface area contributed by atoms with Gasteiger partial charge in [0.2, 0.25) is 0 Å². The zero-order valence-electron chi connectivity index (χ0n) is 9.49. The third-order valence-corrected chi connectivity index (χ3v) is 3.45. The molecule has 0 spiro atoms. The van der Waals surface area contributed by atoms with Crippen LogP contribution in [0.2, 0.25) is 0 Å². The van der Waals surface area contributed by atoms with E-state index in [4.69, 9.17) is 0 Å². The highest BCUT2D eigenvalue weighted by Gasteiger charge is 2.49. The van der Waals surface area contributed by atoms with Crippen LogP contribution in [0.4, 0.5) is 0 Å². The molecule has 2 unspecified atom stereocenters. The summed E-state index contributed by atoms with van der Waals surface area (Å²) in [4.78, 5) is 22.5. The monoisotopic (exact) mass is 227 g/mol. The van der Waals surface area contributed by atoms with E-state index in [1.54, 1.807) is 19.9 Å². The van der Waals surface area contributed by atoms with E-state index in [0.717, 1.165) is 0 Å². The molecular formula is C11H17NO4. The van der Waals surface area contributed by atoms with Crippen molar-refractivity contribution in [3.63, 3.8) is 0 Å². The zero-order valence-corrected chi connectivity index (χ0v) is 9.49. The van der Waals surface area contributed by atoms with E-state index in [9.17, 15) is 19.8 Å². The lowest BCUT2D eigenvalue weighted by atomic mass is 9.71. The van der Waals surface area contributed by atoms with Crippen molar-refractivity contribution < 1.29 is 19.8 Å². The molecule has 0 amide bonds. The van der Waals surface area contributed by atoms with Gasteiger partial charge in [-0.1, -0.05) is 19.9 Å². The van der Waals surface area contributed by atoms with E-state index in [1.165, 1.54) is 6.20 Å². The van der Waals surface area contributed by atoms with Crippen molar-refractivity contribution in [1.29, 1.82) is 0 Å². The molecule has 1 aliphatic heterocycles. The number of carboxylic acid groups (broad SMARTS) is 2. The van der Waals surface area contributed by atoms with Crippen molar-refractivity contribution in [3.8, 4) is 0 Å². The normalized spacial score (nSPS) is 33.1. The fourth-order valence-electron chi connectivity index (χ4n) is 2.07. The maximum absolute atomic E-state index is 11.3. The Morgan fingerprint density at radius 2 is 1.88 bits per heavy atom. The van der Waals surface area contributed by atoms with E-state index >= 15 is 0 Å². The second-order valence-corrected chi connectivity index (χ2v) is 4.21. The van der Waals surface area contributed by atoms with E-state index in [2.05, 4.69) is 5.32 Å². The van der Waals surface area contributed by atoms with Crippen LogP contribution < -0.4 is 5.32 Å². The number of aliphatic carboxylic acids is 2. The topological polar surface area (TPSA) is 86.6 Å². The van der Waals surface area contributed by atoms with E-state index in [0.29, 0.717) is 12.8 Å². The molecule has 0 aromatic heterocycles. The van der Waals surface area contributed by atoms with E-state index in [-0.39, 0.29) is 6.42 Å². The number of carboxylic acids is 2. The molecule has 0 bridgehead atoms. The van der Waals surface area contributed by atoms with Crippen LogP contribution in [-0.4, -0.2) is 27.7 Å². The lowest BCUT2D eigenvalue weighted by Crippen LogP contribution is -2.56. The minimum absolute atomic E-state index is 0.0775. The van der Waals surface area contributed by atoms with Crippen LogP contribution in [0.3, 0.4) is 0 Å². The van der Waals surface area contributed by atoms with Crippen LogP contribution in [0.5, 0.6) is 0 Å². The minimum atomic E-state index is -1.16. The number of nitrogens with one attached hydrogen (secondary N) is 1. The van der Waals surface area contributed by atoms with Crippen molar-refractivity contribution in [2.45, 2.75) is 38.6 Å². The van der Waals surface area contributed by atoms with Gasteiger partial charge in [0, 0.05) is 6.42 Å². The van der Waals surface area contributed by atoms with Gasteiger partial charge in [-0.25, -0.2) is 4.79 Å². The molecular weight excluding hydrogens is 210 g/mol. The Balaban J connectivity index is 3.12. The molecule has 90 valence electrons. The highest BCUT2D eigenvalue weighted by molar-refractivity contribution is 5.83. The van der Waals surface area contributed by atoms with Gasteiger partial charge in [0.15, 0.2) is 0 Å². The Morgan fingerprint density at radius 3 is 2.25 bits per heavy atom. The van der Waals surface area contributed by atoms with Crippen LogP contribution in [0.15, 0.2) is 12.3 Å². The van der Waals surface area contributed by atoms with Crippen molar-refractivity contribution in [1.82, 2.24) is 5.32 Å². The first kappa shape index (κ1) is 12.5. The molecule has 16 heavy (non-hydrogen) atoms. The summed E-state index contributed by atoms with van der Waals surface area (Å²) in [5, 5.41) is 21.2. The summed E-state index contributed by atoms with van der Waals surface area (Å²) in [7, 11) is 0. The van der Waals surface area contributed by atoms with Gasteiger partial charge >= 0.3 is 11.9 Å². The Bertz CT molecular complexity index is 339. The van der Waals surface area contributed by atoms with Gasteiger partial charge < -0.3 is 15.5 Å². The zero-order chi connectivity index (χ0) is 12.4. The Morgan fingerprint density at radius 1 is 1.25 bits per heavy atom. The fraction of sp³-hybridized carbons (Fsp3) is 0.636. The van der Waals surface area contributed by atoms with Crippen molar-refractivity contribution in [3.05, 3.63) is 12.3 Å². The summed E-state index contributed by atoms with van der Waals surface area (Å²) in [5.74, 6) is -1.97. The molecule has 0 radical (unpaired) electrons. The van der Waals surface area contributed by atoms with Crippen molar-refractivity contribution >= 4 is 11.9 Å². The van der Waals surface area contributed by atoms with Gasteiger partial charge in [-0.3, -0.25) is 4.79 Å². The first-order chi connectivity index (χ1) is 7.42. The number of hydrogen-bond acceptors (Lipinski definition) is 3. The minimum Gasteiger partial charge on any atom is -0.481 e. The molecule has 1 rings (SSSR count). The molecule has 5 nitrogen and oxygen atoms in total. The smallest absolute Gasteiger partial charge is 0.329 e. The summed E-state index contributed by atoms with van der Waals surface area (Å²) in [6, 6.07) is 0. The average Bonchev–Trinajstić information content (AvgIpc) is 2.28. The van der Waals surface area contributed by atoms with Crippen LogP contribution in [-0.2, 0) is 9.59 Å². The Kier molecular flexibility index (Phi) is 3.26. The first-order valence-corrected chi connectivity index (χ1v) is 5.34. The molecule has 0 saturated carbocycles. The van der Waals surface area contributed by atoms with Gasteiger partial charge in [0.05, 0.1) is 5.41 Å². The van der Waals surface area contributed by atoms with Crippen molar-refractivity contribution in [2.24, 2.45) is 5.41 Å². The first-order valence-electron chi connectivity index (χ1n) is 5.34. The van der Waals surface area contributed by atoms with Crippen LogP contribution in [0, 0.1) is 5.41 Å². The van der Waals surface area contributed by atoms with Crippen molar-refractivity contribution in [2.75, 3.05) is 0 Å². The standard InChI is InChI=1S/C11H17NO4/c1-3-10(8(13)14)5-6-12-11(4-2,7-10)9(15)16/h5-6,12H,3-4,7H2,1-2H3,(H,13,14)(H,15,16). The van der Waals surface area contributed by atoms with Gasteiger partial charge in [0.1, 0.15) is 5.54 Å². The van der Waals surface area contributed by atoms with E-state index < -0.39 is 22.9 Å². The summed E-state index contributed by atoms with van der Waals surface area (Å²) in [6.45, 7) is 3.49. The Hall–Kier alpha value is -1.52. The third-order valence-electron chi connectivity index (χ3n) is 3.45. The van der Waals surface area contributed by atoms with E-state index in [1.807, 2.05) is 0 Å². The van der Waals surface area contributed by atoms with Crippen LogP contribution in [0.25, 0.3) is 0 Å². The largest absolute Gasteiger partial charge is 0.481 e. The lowest BCUT2D eigenvalue weighted by Gasteiger charge is -2.40. The average molecular weight is 227 g/mol. The molecule has 1 heterocycles. The third kappa shape index (κ3) is 1.77. The van der Waals surface area contributed by atoms with Gasteiger partial charge in [0.25, 0.3) is 0 Å². The molecule has 1 aliphatic rings. The summed E-state index contributed by atoms with van der Waals surface area (Å²) in [5.41, 5.74) is -2.23. The van der Waals surface area contributed by atoms with Crippen LogP contribution in [0.1, 0.15) is 33.1 Å². The number of rotatable bonds is 4. The fourth-order valence-corrected chi connectivity index (χ4v) is 2.07. The van der Waals surface area contributed by atoms with Gasteiger partial charge in [-0.05, 0) is 19.0 Å². The molecule has 5 heteroatoms. The SMILES string of the molecule is CCC1(C(=O)O)C=CNC(CC)(C(=O)O)C1. The Labute approximate surface area is 94.2 Å². The van der Waals surface area contributed by atoms with Gasteiger partial charge in [-0.2, -0.15) is 0 Å². The quantitative estimate of drug-likeness (QED) is 0.672. The molecule has 2 atom stereocenters. The number of carbonyl (C=O) groups is 2. The summed E-state index contributed by atoms with van der Waals surface area (Å²) >= 11 is 0. The maximum atomic E-state index is 11.3. The molecule has 0 aromatic carbocycles. The number of hydrogen-bond donors (Lipinski definition) is 3. The second kappa shape index (κ2) is 4.15. The summed E-state index contributed by atoms with van der Waals surface area (Å²) in [6.07, 6.45) is 3.82. The highest BCUT2D eigenvalue weighted by Crippen LogP contribution is 2.38. The van der Waals surface area contributed by atoms with Gasteiger partial charge in [-0.15, -0.1) is 0 Å². The van der Waals surface area contributed by atoms with Crippen LogP contribution >= 0.6 is 0 Å². The predicted molar refractivity (Wildman–Crippen MR) is 57.9 cm³/mol. The summed E-state index contributed by atoms with van der Waals surface area (Å²) < 4.78 is 0. The highest BCUT2D eigenvalue weighted by atomic mass is 16.4. The molecule has 0 aromatic rings. The molecule has 0 aliphatic carbocycles. The lowest BCUT2D eigenvalue weighted by molar-refractivity contribution is -0.152. The molecule has 0 fully saturated rings. The molecule has 0 saturated heterocycles.